The van der Waals surface area contributed by atoms with Crippen LogP contribution in [0.3, 0.4) is 0 Å². The number of carbonyl (C=O) groups excluding carboxylic acids is 1. The molecule has 0 amide bonds. The average Bonchev–Trinajstić information content (AvgIpc) is 1.54. The molecule has 670 valence electrons. The topological polar surface area (TPSA) is 352 Å². The van der Waals surface area contributed by atoms with Crippen molar-refractivity contribution in [2.24, 2.45) is 40.9 Å². The minimum Gasteiger partial charge on any atom is -0.460 e. The van der Waals surface area contributed by atoms with E-state index < -0.39 is 166 Å². The Kier molecular flexibility index (Phi) is 26.3. The fourth-order valence-electron chi connectivity index (χ4n) is 18.6. The minimum absolute atomic E-state index is 0.00623. The van der Waals surface area contributed by atoms with Crippen LogP contribution in [0.15, 0.2) is 48.7 Å². The Morgan fingerprint density at radius 3 is 1.18 bits per heavy atom. The Hall–Kier alpha value is -4.80. The molecule has 3 aromatic rings. The molecule has 0 aliphatic heterocycles. The first kappa shape index (κ1) is 96.0. The summed E-state index contributed by atoms with van der Waals surface area (Å²) in [5, 5.41) is -44.5. The van der Waals surface area contributed by atoms with Crippen LogP contribution in [-0.4, -0.2) is 161 Å². The van der Waals surface area contributed by atoms with Crippen molar-refractivity contribution in [2.45, 2.75) is 257 Å². The lowest BCUT2D eigenvalue weighted by atomic mass is 9.49. The number of hydrogen-bond acceptors (Lipinski definition) is 17. The van der Waals surface area contributed by atoms with Gasteiger partial charge in [0.1, 0.15) is 5.75 Å². The number of fused-ring (bicyclic) bond motifs is 1. The minimum atomic E-state index is -7.05. The lowest BCUT2D eigenvalue weighted by molar-refractivity contribution is -0.246. The molecule has 117 heavy (non-hydrogen) atoms. The third-order valence-corrected chi connectivity index (χ3v) is 32.5. The van der Waals surface area contributed by atoms with Gasteiger partial charge in [-0.05, 0) is 198 Å². The number of nitrogens with one attached hydrogen (secondary N) is 1. The molecule has 1 aromatic heterocycles. The van der Waals surface area contributed by atoms with Crippen LogP contribution in [0.2, 0.25) is 0 Å². The molecule has 14 rings (SSSR count). The summed E-state index contributed by atoms with van der Waals surface area (Å²) in [7, 11) is -46.1. The van der Waals surface area contributed by atoms with Crippen LogP contribution in [-0.2, 0) is 79.9 Å². The van der Waals surface area contributed by atoms with Crippen molar-refractivity contribution in [3.8, 4) is 5.75 Å². The van der Waals surface area contributed by atoms with E-state index in [9.17, 15) is 152 Å². The summed E-state index contributed by atoms with van der Waals surface area (Å²) in [5.74, 6) is -21.6. The van der Waals surface area contributed by atoms with Crippen LogP contribution in [0.5, 0.6) is 5.75 Å². The molecule has 8 bridgehead atoms. The number of sulfonamides is 1. The number of halogens is 22. The number of hydrogen-bond donors (Lipinski definition) is 4. The van der Waals surface area contributed by atoms with Crippen LogP contribution in [0, 0.1) is 40.9 Å². The summed E-state index contributed by atoms with van der Waals surface area (Å²) in [4.78, 5) is 12.4. The zero-order chi connectivity index (χ0) is 88.4. The molecule has 11 saturated carbocycles. The van der Waals surface area contributed by atoms with Crippen molar-refractivity contribution in [3.05, 3.63) is 65.4 Å². The largest absolute Gasteiger partial charge is 0.460 e. The van der Waals surface area contributed by atoms with E-state index in [1.54, 1.807) is 12.1 Å². The van der Waals surface area contributed by atoms with E-state index in [1.165, 1.54) is 16.9 Å². The highest BCUT2D eigenvalue weighted by Crippen LogP contribution is 2.63. The van der Waals surface area contributed by atoms with E-state index in [4.69, 9.17) is 17.8 Å². The summed E-state index contributed by atoms with van der Waals surface area (Å²) in [6.07, 6.45) is 13.5. The van der Waals surface area contributed by atoms with Crippen LogP contribution in [0.1, 0.15) is 208 Å². The van der Waals surface area contributed by atoms with Gasteiger partial charge in [0.25, 0.3) is 10.0 Å². The molecule has 2 aromatic carbocycles. The van der Waals surface area contributed by atoms with Crippen LogP contribution in [0.4, 0.5) is 96.6 Å². The van der Waals surface area contributed by atoms with E-state index in [1.807, 2.05) is 0 Å². The number of ether oxygens (including phenoxy) is 1. The first-order valence-electron chi connectivity index (χ1n) is 36.3. The van der Waals surface area contributed by atoms with Crippen molar-refractivity contribution < 1.29 is 183 Å². The van der Waals surface area contributed by atoms with Gasteiger partial charge in [0, 0.05) is 23.4 Å². The fourth-order valence-corrected chi connectivity index (χ4v) is 24.5. The van der Waals surface area contributed by atoms with Gasteiger partial charge in [-0.15, -0.1) is 0 Å². The highest BCUT2D eigenvalue weighted by molar-refractivity contribution is 7.92. The highest BCUT2D eigenvalue weighted by Gasteiger charge is 2.85. The molecular weight excluding hydrogens is 1780 g/mol. The fraction of sp³-hybridized carbons (Fsp3) is 0.773. The second kappa shape index (κ2) is 32.1. The molecule has 0 radical (unpaired) electrons. The number of rotatable bonds is 24. The maximum Gasteiger partial charge on any atom is 0.450 e. The van der Waals surface area contributed by atoms with E-state index in [2.05, 4.69) is 4.74 Å². The Bertz CT molecular complexity index is 4930. The monoisotopic (exact) mass is 1860 g/mol. The van der Waals surface area contributed by atoms with Gasteiger partial charge in [0.15, 0.2) is 6.61 Å². The molecule has 1 heterocycles. The van der Waals surface area contributed by atoms with Crippen molar-refractivity contribution in [1.29, 1.82) is 0 Å². The van der Waals surface area contributed by atoms with Gasteiger partial charge in [-0.25, -0.2) is 29.9 Å². The molecule has 11 fully saturated rings. The second-order valence-corrected chi connectivity index (χ2v) is 43.8. The Morgan fingerprint density at radius 2 is 0.812 bits per heavy atom. The molecule has 1 unspecified atom stereocenters. The quantitative estimate of drug-likeness (QED) is 0.0280. The maximum atomic E-state index is 15.0. The molecule has 11 aliphatic rings. The third-order valence-electron chi connectivity index (χ3n) is 23.7. The summed E-state index contributed by atoms with van der Waals surface area (Å²) in [6.45, 7) is -2.09. The molecule has 22 nitrogen and oxygen atoms in total. The normalized spacial score (nSPS) is 26.6. The molecule has 51 heteroatoms. The number of para-hydroxylation sites is 1. The van der Waals surface area contributed by atoms with Crippen LogP contribution in [0.25, 0.3) is 10.9 Å². The van der Waals surface area contributed by atoms with Crippen molar-refractivity contribution in [1.82, 2.24) is 8.69 Å². The van der Waals surface area contributed by atoms with Crippen molar-refractivity contribution >= 4 is 87.2 Å². The van der Waals surface area contributed by atoms with Gasteiger partial charge in [-0.1, -0.05) is 88.1 Å². The van der Waals surface area contributed by atoms with E-state index in [-0.39, 0.29) is 70.4 Å². The van der Waals surface area contributed by atoms with E-state index in [0.717, 1.165) is 133 Å². The number of benzene rings is 2. The molecular formula is C66H80F22N2O20S7. The zero-order valence-corrected chi connectivity index (χ0v) is 66.7. The molecule has 1 atom stereocenters. The van der Waals surface area contributed by atoms with Gasteiger partial charge in [0.2, 0.25) is 9.84 Å². The number of nitrogens with zero attached hydrogens (tertiary/aromatic N) is 1. The summed E-state index contributed by atoms with van der Waals surface area (Å²) < 4.78 is 497. The third kappa shape index (κ3) is 17.4. The summed E-state index contributed by atoms with van der Waals surface area (Å²) >= 11 is 0. The second-order valence-electron chi connectivity index (χ2n) is 32.1. The van der Waals surface area contributed by atoms with Crippen LogP contribution >= 0.6 is 0 Å². The lowest BCUT2D eigenvalue weighted by Crippen LogP contribution is -2.67. The average molecular weight is 1860 g/mol. The Balaban J connectivity index is 0.000000183. The Labute approximate surface area is 657 Å². The zero-order valence-electron chi connectivity index (χ0n) is 61.0. The number of esters is 1. The maximum absolute atomic E-state index is 15.0. The number of alkyl halides is 22. The standard InChI is InChI=1S/C28H38F6O5S2.C14H18F4O5S.C13H17F6NO5S2.C11H7F6NO5S2/c1-40(35,36)27(31,32)26(29,30)28(33,34)41(37,38)39-25-23(20-13-7-3-8-14-20)17-22(19-11-5-2-6-12-19)18-24(25)21-15-9-4-10-16-21;15-13(14(16,17)18,24(20,21)22)7-23-11(19)12-4-8-1-9(5-12)3-10(2-8)6-12;14-11(15,13(18,19)27(23,24)25)12(16,17)26(21,22)20-10-4-7-1-8(5-10)3-9(2-7)6-10;12-9(13,11(16,17)25(21,22)23)10(14,15)24(19,20)18-6-5-7-3-1-2-4-8(7)18/h17-21H,2-16H2,1H3;8-10H,1-7H2,(H,20,21,22);7-9,20H,1-6H2,(H,23,24,25);1-6H,(H,21,22,23). The predicted octanol–water partition coefficient (Wildman–Crippen LogP) is 16.4. The predicted molar refractivity (Wildman–Crippen MR) is 368 cm³/mol. The first-order chi connectivity index (χ1) is 52.9. The number of sulfone groups is 1. The molecule has 11 aliphatic carbocycles. The molecule has 4 N–H and O–H groups in total. The highest BCUT2D eigenvalue weighted by atomic mass is 32.2. The van der Waals surface area contributed by atoms with Crippen molar-refractivity contribution in [3.63, 3.8) is 0 Å². The van der Waals surface area contributed by atoms with Gasteiger partial charge in [-0.3, -0.25) is 18.5 Å². The van der Waals surface area contributed by atoms with E-state index in [0.29, 0.717) is 80.0 Å². The van der Waals surface area contributed by atoms with Gasteiger partial charge < -0.3 is 8.92 Å². The van der Waals surface area contributed by atoms with Gasteiger partial charge in [0.05, 0.1) is 10.9 Å². The van der Waals surface area contributed by atoms with Crippen molar-refractivity contribution in [2.75, 3.05) is 12.9 Å². The molecule has 0 spiro atoms. The SMILES string of the molecule is CS(=O)(=O)C(F)(F)C(F)(F)C(F)(F)S(=O)(=O)Oc1c(C2CCCCC2)cc(C2CCCCC2)cc1C1CCCCC1.O=C(OCC(F)(C(F)(F)F)S(=O)(=O)O)C12CC3CC(CC(C3)C1)C2.O=S(=O)(O)C(F)(F)C(F)(F)C(F)(F)S(=O)(=O)NC12CC3CC(CC(C3)C1)C2.O=S(=O)(O)C(F)(F)C(F)(F)C(F)(F)S(=O)(=O)n1ccc2ccccc21. The van der Waals surface area contributed by atoms with Gasteiger partial charge in [-0.2, -0.15) is 134 Å². The molecule has 0 saturated heterocycles. The summed E-state index contributed by atoms with van der Waals surface area (Å²) in [5.41, 5.74) is -1.35. The number of carbonyl (C=O) groups is 1. The smallest absolute Gasteiger partial charge is 0.450 e. The van der Waals surface area contributed by atoms with E-state index >= 15 is 8.78 Å². The lowest BCUT2D eigenvalue weighted by Gasteiger charge is -2.56. The van der Waals surface area contributed by atoms with Gasteiger partial charge >= 0.3 is 117 Å². The Morgan fingerprint density at radius 1 is 0.453 bits per heavy atom. The first-order valence-corrected chi connectivity index (χ1v) is 46.8. The number of aromatic nitrogens is 1. The summed E-state index contributed by atoms with van der Waals surface area (Å²) in [6, 6.07) is 9.10. The van der Waals surface area contributed by atoms with Crippen LogP contribution < -0.4 is 8.91 Å².